The summed E-state index contributed by atoms with van der Waals surface area (Å²) in [6, 6.07) is 6.85. The van der Waals surface area contributed by atoms with Crippen molar-refractivity contribution in [3.05, 3.63) is 29.8 Å². The standard InChI is InChI=1S/C22H33N3O5S/c1-18(2)17-30-22(27)24-15-13-23(14-16-24)21(26)10-7-19-5-8-20(9-6-19)31(28,29)25-11-3-4-12-25/h5-6,8-9,18H,3-4,7,10-17H2,1-2H3. The normalized spacial score (nSPS) is 17.9. The Morgan fingerprint density at radius 3 is 2.10 bits per heavy atom. The number of aryl methyl sites for hydroxylation is 1. The van der Waals surface area contributed by atoms with Crippen LogP contribution >= 0.6 is 0 Å². The van der Waals surface area contributed by atoms with Crippen LogP contribution in [0.4, 0.5) is 4.79 Å². The van der Waals surface area contributed by atoms with Gasteiger partial charge >= 0.3 is 6.09 Å². The van der Waals surface area contributed by atoms with Gasteiger partial charge in [-0.2, -0.15) is 4.31 Å². The van der Waals surface area contributed by atoms with E-state index in [0.29, 0.717) is 69.5 Å². The molecule has 2 heterocycles. The molecule has 31 heavy (non-hydrogen) atoms. The smallest absolute Gasteiger partial charge is 0.409 e. The van der Waals surface area contributed by atoms with E-state index in [1.807, 2.05) is 13.8 Å². The van der Waals surface area contributed by atoms with Crippen LogP contribution in [0.1, 0.15) is 38.7 Å². The molecule has 2 fully saturated rings. The highest BCUT2D eigenvalue weighted by Gasteiger charge is 2.27. The van der Waals surface area contributed by atoms with Crippen LogP contribution in [-0.2, 0) is 26.0 Å². The second-order valence-electron chi connectivity index (χ2n) is 8.59. The van der Waals surface area contributed by atoms with Crippen molar-refractivity contribution in [1.82, 2.24) is 14.1 Å². The molecule has 0 unspecified atom stereocenters. The van der Waals surface area contributed by atoms with Crippen molar-refractivity contribution >= 4 is 22.0 Å². The number of carbonyl (C=O) groups is 2. The summed E-state index contributed by atoms with van der Waals surface area (Å²) in [4.78, 5) is 28.3. The maximum Gasteiger partial charge on any atom is 0.409 e. The third kappa shape index (κ3) is 6.20. The maximum absolute atomic E-state index is 12.6. The summed E-state index contributed by atoms with van der Waals surface area (Å²) in [7, 11) is -3.41. The molecule has 0 radical (unpaired) electrons. The lowest BCUT2D eigenvalue weighted by Gasteiger charge is -2.34. The molecule has 0 saturated carbocycles. The maximum atomic E-state index is 12.6. The summed E-state index contributed by atoms with van der Waals surface area (Å²) < 4.78 is 32.0. The quantitative estimate of drug-likeness (QED) is 0.635. The van der Waals surface area contributed by atoms with E-state index in [1.165, 1.54) is 4.31 Å². The molecule has 1 aromatic carbocycles. The van der Waals surface area contributed by atoms with Crippen molar-refractivity contribution in [2.24, 2.45) is 5.92 Å². The van der Waals surface area contributed by atoms with Crippen LogP contribution in [0.15, 0.2) is 29.2 Å². The molecule has 2 amide bonds. The average Bonchev–Trinajstić information content (AvgIpc) is 3.32. The van der Waals surface area contributed by atoms with Gasteiger partial charge in [-0.05, 0) is 42.9 Å². The first-order valence-electron chi connectivity index (χ1n) is 11.1. The minimum Gasteiger partial charge on any atom is -0.449 e. The van der Waals surface area contributed by atoms with Crippen molar-refractivity contribution in [1.29, 1.82) is 0 Å². The van der Waals surface area contributed by atoms with Crippen molar-refractivity contribution in [3.63, 3.8) is 0 Å². The molecule has 3 rings (SSSR count). The Kier molecular flexibility index (Phi) is 7.94. The average molecular weight is 452 g/mol. The van der Waals surface area contributed by atoms with Crippen LogP contribution in [-0.4, -0.2) is 80.4 Å². The highest BCUT2D eigenvalue weighted by molar-refractivity contribution is 7.89. The van der Waals surface area contributed by atoms with Gasteiger partial charge in [0.15, 0.2) is 0 Å². The number of carbonyl (C=O) groups excluding carboxylic acids is 2. The predicted molar refractivity (Wildman–Crippen MR) is 117 cm³/mol. The van der Waals surface area contributed by atoms with Gasteiger partial charge < -0.3 is 14.5 Å². The molecule has 0 bridgehead atoms. The number of rotatable bonds is 7. The van der Waals surface area contributed by atoms with Gasteiger partial charge in [-0.25, -0.2) is 13.2 Å². The van der Waals surface area contributed by atoms with E-state index in [0.717, 1.165) is 18.4 Å². The van der Waals surface area contributed by atoms with Crippen LogP contribution in [0.2, 0.25) is 0 Å². The van der Waals surface area contributed by atoms with Crippen LogP contribution in [0.25, 0.3) is 0 Å². The fraction of sp³-hybridized carbons (Fsp3) is 0.636. The Morgan fingerprint density at radius 2 is 1.52 bits per heavy atom. The van der Waals surface area contributed by atoms with Crippen LogP contribution < -0.4 is 0 Å². The molecule has 2 saturated heterocycles. The molecule has 0 aromatic heterocycles. The monoisotopic (exact) mass is 451 g/mol. The zero-order valence-electron chi connectivity index (χ0n) is 18.5. The minimum absolute atomic E-state index is 0.0453. The Morgan fingerprint density at radius 1 is 0.935 bits per heavy atom. The molecule has 8 nitrogen and oxygen atoms in total. The summed E-state index contributed by atoms with van der Waals surface area (Å²) in [6.45, 7) is 7.51. The van der Waals surface area contributed by atoms with Gasteiger partial charge in [0.25, 0.3) is 0 Å². The number of hydrogen-bond donors (Lipinski definition) is 0. The van der Waals surface area contributed by atoms with Gasteiger partial charge in [0.2, 0.25) is 15.9 Å². The molecule has 2 aliphatic heterocycles. The summed E-state index contributed by atoms with van der Waals surface area (Å²) in [5.41, 5.74) is 0.935. The number of benzene rings is 1. The summed E-state index contributed by atoms with van der Waals surface area (Å²) in [5.74, 6) is 0.338. The van der Waals surface area contributed by atoms with E-state index in [2.05, 4.69) is 0 Å². The highest BCUT2D eigenvalue weighted by Crippen LogP contribution is 2.21. The van der Waals surface area contributed by atoms with Crippen LogP contribution in [0.5, 0.6) is 0 Å². The number of sulfonamides is 1. The van der Waals surface area contributed by atoms with E-state index in [-0.39, 0.29) is 12.0 Å². The Balaban J connectivity index is 1.44. The van der Waals surface area contributed by atoms with E-state index in [9.17, 15) is 18.0 Å². The second kappa shape index (κ2) is 10.5. The fourth-order valence-corrected chi connectivity index (χ4v) is 5.30. The number of amides is 2. The summed E-state index contributed by atoms with van der Waals surface area (Å²) in [6.07, 6.45) is 2.42. The van der Waals surface area contributed by atoms with Gasteiger partial charge in [-0.3, -0.25) is 4.79 Å². The molecule has 0 N–H and O–H groups in total. The van der Waals surface area contributed by atoms with Gasteiger partial charge in [0.1, 0.15) is 0 Å². The Bertz CT molecular complexity index is 856. The predicted octanol–water partition coefficient (Wildman–Crippen LogP) is 2.34. The van der Waals surface area contributed by atoms with E-state index < -0.39 is 10.0 Å². The number of ether oxygens (including phenoxy) is 1. The first kappa shape index (κ1) is 23.5. The SMILES string of the molecule is CC(C)COC(=O)N1CCN(C(=O)CCc2ccc(S(=O)(=O)N3CCCC3)cc2)CC1. The second-order valence-corrected chi connectivity index (χ2v) is 10.5. The number of nitrogens with zero attached hydrogens (tertiary/aromatic N) is 3. The lowest BCUT2D eigenvalue weighted by atomic mass is 10.1. The molecule has 9 heteroatoms. The first-order chi connectivity index (χ1) is 14.8. The molecular weight excluding hydrogens is 418 g/mol. The lowest BCUT2D eigenvalue weighted by molar-refractivity contribution is -0.132. The fourth-order valence-electron chi connectivity index (χ4n) is 3.78. The third-order valence-electron chi connectivity index (χ3n) is 5.68. The summed E-state index contributed by atoms with van der Waals surface area (Å²) in [5, 5.41) is 0. The van der Waals surface area contributed by atoms with Crippen LogP contribution in [0, 0.1) is 5.92 Å². The zero-order chi connectivity index (χ0) is 22.4. The lowest BCUT2D eigenvalue weighted by Crippen LogP contribution is -2.50. The van der Waals surface area contributed by atoms with Crippen molar-refractivity contribution in [2.45, 2.75) is 44.4 Å². The highest BCUT2D eigenvalue weighted by atomic mass is 32.2. The molecule has 1 aromatic rings. The first-order valence-corrected chi connectivity index (χ1v) is 12.5. The minimum atomic E-state index is -3.41. The largest absolute Gasteiger partial charge is 0.449 e. The zero-order valence-corrected chi connectivity index (χ0v) is 19.3. The Hall–Kier alpha value is -2.13. The van der Waals surface area contributed by atoms with E-state index >= 15 is 0 Å². The molecular formula is C22H33N3O5S. The van der Waals surface area contributed by atoms with Crippen molar-refractivity contribution in [2.75, 3.05) is 45.9 Å². The van der Waals surface area contributed by atoms with Crippen molar-refractivity contribution < 1.29 is 22.7 Å². The summed E-state index contributed by atoms with van der Waals surface area (Å²) >= 11 is 0. The van der Waals surface area contributed by atoms with E-state index in [1.54, 1.807) is 34.1 Å². The molecule has 172 valence electrons. The third-order valence-corrected chi connectivity index (χ3v) is 7.60. The molecule has 2 aliphatic rings. The van der Waals surface area contributed by atoms with Gasteiger partial charge in [-0.15, -0.1) is 0 Å². The number of hydrogen-bond acceptors (Lipinski definition) is 5. The van der Waals surface area contributed by atoms with Gasteiger partial charge in [-0.1, -0.05) is 26.0 Å². The topological polar surface area (TPSA) is 87.2 Å². The Labute approximate surface area is 185 Å². The van der Waals surface area contributed by atoms with E-state index in [4.69, 9.17) is 4.74 Å². The molecule has 0 spiro atoms. The molecule has 0 aliphatic carbocycles. The van der Waals surface area contributed by atoms with Crippen molar-refractivity contribution in [3.8, 4) is 0 Å². The van der Waals surface area contributed by atoms with Gasteiger partial charge in [0.05, 0.1) is 11.5 Å². The number of piperazine rings is 1. The van der Waals surface area contributed by atoms with Gasteiger partial charge in [0, 0.05) is 45.7 Å². The van der Waals surface area contributed by atoms with Crippen LogP contribution in [0.3, 0.4) is 0 Å². The molecule has 0 atom stereocenters.